The second-order valence-corrected chi connectivity index (χ2v) is 5.06. The molecule has 0 bridgehead atoms. The minimum absolute atomic E-state index is 0.611. The zero-order chi connectivity index (χ0) is 11.3. The van der Waals surface area contributed by atoms with Gasteiger partial charge in [-0.25, -0.2) is 0 Å². The van der Waals surface area contributed by atoms with E-state index in [1.165, 1.54) is 31.5 Å². The normalized spacial score (nSPS) is 20.5. The molecule has 0 aliphatic carbocycles. The molecule has 0 amide bonds. The highest BCUT2D eigenvalue weighted by atomic mass is 15.2. The fraction of sp³-hybridized carbons (Fsp3) is 0.846. The Morgan fingerprint density at radius 3 is 2.73 bits per heavy atom. The summed E-state index contributed by atoms with van der Waals surface area (Å²) in [6, 6.07) is 1.32. The van der Waals surface area contributed by atoms with Crippen LogP contribution in [0.2, 0.25) is 0 Å². The molecular formula is C13H26N2. The number of hydrogen-bond donors (Lipinski definition) is 1. The van der Waals surface area contributed by atoms with Crippen molar-refractivity contribution in [1.82, 2.24) is 10.2 Å². The van der Waals surface area contributed by atoms with Crippen LogP contribution >= 0.6 is 0 Å². The SMILES string of the molecule is CC1=CCCN(C(C)CCNC(C)C)C1. The molecule has 1 unspecified atom stereocenters. The maximum Gasteiger partial charge on any atom is 0.0193 e. The first-order chi connectivity index (χ1) is 7.09. The van der Waals surface area contributed by atoms with E-state index in [1.807, 2.05) is 0 Å². The minimum atomic E-state index is 0.611. The summed E-state index contributed by atoms with van der Waals surface area (Å²) < 4.78 is 0. The van der Waals surface area contributed by atoms with Gasteiger partial charge in [0.2, 0.25) is 0 Å². The van der Waals surface area contributed by atoms with Gasteiger partial charge in [0.25, 0.3) is 0 Å². The van der Waals surface area contributed by atoms with Crippen molar-refractivity contribution in [3.8, 4) is 0 Å². The van der Waals surface area contributed by atoms with Gasteiger partial charge >= 0.3 is 0 Å². The first-order valence-electron chi connectivity index (χ1n) is 6.22. The molecule has 1 aliphatic heterocycles. The summed E-state index contributed by atoms with van der Waals surface area (Å²) in [5, 5.41) is 3.49. The standard InChI is InChI=1S/C13H26N2/c1-11(2)14-8-7-13(4)15-9-5-6-12(3)10-15/h6,11,13-14H,5,7-10H2,1-4H3. The maximum atomic E-state index is 3.49. The zero-order valence-corrected chi connectivity index (χ0v) is 10.7. The molecule has 1 aliphatic rings. The molecule has 0 saturated carbocycles. The molecule has 1 rings (SSSR count). The van der Waals surface area contributed by atoms with Crippen LogP contribution in [0.25, 0.3) is 0 Å². The lowest BCUT2D eigenvalue weighted by atomic mass is 10.1. The first-order valence-corrected chi connectivity index (χ1v) is 6.22. The Morgan fingerprint density at radius 2 is 2.13 bits per heavy atom. The van der Waals surface area contributed by atoms with E-state index in [0.29, 0.717) is 12.1 Å². The molecule has 0 aromatic rings. The predicted molar refractivity (Wildman–Crippen MR) is 67.2 cm³/mol. The molecule has 1 N–H and O–H groups in total. The van der Waals surface area contributed by atoms with Crippen LogP contribution in [0.3, 0.4) is 0 Å². The molecule has 15 heavy (non-hydrogen) atoms. The number of rotatable bonds is 5. The molecule has 0 saturated heterocycles. The van der Waals surface area contributed by atoms with Gasteiger partial charge in [-0.05, 0) is 33.2 Å². The summed E-state index contributed by atoms with van der Waals surface area (Å²) in [6.45, 7) is 12.5. The van der Waals surface area contributed by atoms with Gasteiger partial charge < -0.3 is 5.32 Å². The van der Waals surface area contributed by atoms with Gasteiger partial charge in [-0.3, -0.25) is 4.90 Å². The van der Waals surface area contributed by atoms with Crippen LogP contribution < -0.4 is 5.32 Å². The average molecular weight is 210 g/mol. The molecule has 0 aromatic heterocycles. The molecule has 88 valence electrons. The lowest BCUT2D eigenvalue weighted by Gasteiger charge is -2.32. The van der Waals surface area contributed by atoms with Gasteiger partial charge in [-0.1, -0.05) is 25.5 Å². The molecule has 0 aromatic carbocycles. The van der Waals surface area contributed by atoms with E-state index in [2.05, 4.69) is 44.0 Å². The van der Waals surface area contributed by atoms with Crippen LogP contribution in [0.1, 0.15) is 40.5 Å². The molecule has 2 nitrogen and oxygen atoms in total. The Labute approximate surface area is 94.7 Å². The molecular weight excluding hydrogens is 184 g/mol. The Balaban J connectivity index is 2.22. The van der Waals surface area contributed by atoms with Crippen molar-refractivity contribution < 1.29 is 0 Å². The molecule has 2 heteroatoms. The van der Waals surface area contributed by atoms with Crippen LogP contribution in [0.4, 0.5) is 0 Å². The second-order valence-electron chi connectivity index (χ2n) is 5.06. The summed E-state index contributed by atoms with van der Waals surface area (Å²) in [5.74, 6) is 0. The minimum Gasteiger partial charge on any atom is -0.314 e. The monoisotopic (exact) mass is 210 g/mol. The van der Waals surface area contributed by atoms with Crippen molar-refractivity contribution >= 4 is 0 Å². The third-order valence-electron chi connectivity index (χ3n) is 3.10. The quantitative estimate of drug-likeness (QED) is 0.701. The van der Waals surface area contributed by atoms with Crippen molar-refractivity contribution in [3.05, 3.63) is 11.6 Å². The van der Waals surface area contributed by atoms with Gasteiger partial charge in [0.1, 0.15) is 0 Å². The van der Waals surface area contributed by atoms with Crippen molar-refractivity contribution in [2.45, 2.75) is 52.6 Å². The first kappa shape index (κ1) is 12.7. The Morgan fingerprint density at radius 1 is 1.40 bits per heavy atom. The topological polar surface area (TPSA) is 15.3 Å². The summed E-state index contributed by atoms with van der Waals surface area (Å²) >= 11 is 0. The van der Waals surface area contributed by atoms with Gasteiger partial charge in [-0.15, -0.1) is 0 Å². The molecule has 0 radical (unpaired) electrons. The zero-order valence-electron chi connectivity index (χ0n) is 10.7. The Hall–Kier alpha value is -0.340. The summed E-state index contributed by atoms with van der Waals surface area (Å²) in [6.07, 6.45) is 4.86. The van der Waals surface area contributed by atoms with E-state index in [1.54, 1.807) is 0 Å². The van der Waals surface area contributed by atoms with Crippen molar-refractivity contribution in [2.75, 3.05) is 19.6 Å². The third kappa shape index (κ3) is 4.80. The highest BCUT2D eigenvalue weighted by Gasteiger charge is 2.15. The van der Waals surface area contributed by atoms with Crippen molar-refractivity contribution in [1.29, 1.82) is 0 Å². The fourth-order valence-corrected chi connectivity index (χ4v) is 2.08. The van der Waals surface area contributed by atoms with E-state index in [-0.39, 0.29) is 0 Å². The van der Waals surface area contributed by atoms with Crippen LogP contribution in [0, 0.1) is 0 Å². The van der Waals surface area contributed by atoms with Crippen LogP contribution in [-0.4, -0.2) is 36.6 Å². The van der Waals surface area contributed by atoms with Crippen molar-refractivity contribution in [2.24, 2.45) is 0 Å². The number of nitrogens with one attached hydrogen (secondary N) is 1. The summed E-state index contributed by atoms with van der Waals surface area (Å²) in [5.41, 5.74) is 1.53. The number of hydrogen-bond acceptors (Lipinski definition) is 2. The molecule has 0 fully saturated rings. The van der Waals surface area contributed by atoms with Gasteiger partial charge in [0.15, 0.2) is 0 Å². The van der Waals surface area contributed by atoms with E-state index in [9.17, 15) is 0 Å². The van der Waals surface area contributed by atoms with Crippen LogP contribution in [0.5, 0.6) is 0 Å². The van der Waals surface area contributed by atoms with Gasteiger partial charge in [0, 0.05) is 25.2 Å². The highest BCUT2D eigenvalue weighted by molar-refractivity contribution is 5.05. The molecule has 1 heterocycles. The fourth-order valence-electron chi connectivity index (χ4n) is 2.08. The maximum absolute atomic E-state index is 3.49. The van der Waals surface area contributed by atoms with Crippen LogP contribution in [0.15, 0.2) is 11.6 Å². The molecule has 1 atom stereocenters. The lowest BCUT2D eigenvalue weighted by Crippen LogP contribution is -2.39. The van der Waals surface area contributed by atoms with Crippen LogP contribution in [-0.2, 0) is 0 Å². The summed E-state index contributed by atoms with van der Waals surface area (Å²) in [4.78, 5) is 2.59. The second kappa shape index (κ2) is 6.29. The largest absolute Gasteiger partial charge is 0.314 e. The Bertz CT molecular complexity index is 209. The van der Waals surface area contributed by atoms with Crippen molar-refractivity contribution in [3.63, 3.8) is 0 Å². The van der Waals surface area contributed by atoms with E-state index < -0.39 is 0 Å². The van der Waals surface area contributed by atoms with E-state index >= 15 is 0 Å². The lowest BCUT2D eigenvalue weighted by molar-refractivity contribution is 0.210. The third-order valence-corrected chi connectivity index (χ3v) is 3.10. The average Bonchev–Trinajstić information content (AvgIpc) is 2.17. The van der Waals surface area contributed by atoms with E-state index in [4.69, 9.17) is 0 Å². The highest BCUT2D eigenvalue weighted by Crippen LogP contribution is 2.13. The summed E-state index contributed by atoms with van der Waals surface area (Å²) in [7, 11) is 0. The molecule has 0 spiro atoms. The van der Waals surface area contributed by atoms with Gasteiger partial charge in [-0.2, -0.15) is 0 Å². The smallest absolute Gasteiger partial charge is 0.0193 e. The Kier molecular flexibility index (Phi) is 5.34. The van der Waals surface area contributed by atoms with E-state index in [0.717, 1.165) is 6.54 Å². The van der Waals surface area contributed by atoms with Gasteiger partial charge in [0.05, 0.1) is 0 Å². The number of nitrogens with zero attached hydrogens (tertiary/aromatic N) is 1. The predicted octanol–water partition coefficient (Wildman–Crippen LogP) is 2.42.